The average Bonchev–Trinajstić information content (AvgIpc) is 3.45. The van der Waals surface area contributed by atoms with Crippen molar-refractivity contribution in [3.8, 4) is 0 Å². The number of hydrogen-bond acceptors (Lipinski definition) is 9. The van der Waals surface area contributed by atoms with Gasteiger partial charge in [0.05, 0.1) is 0 Å². The SMILES string of the molecule is CC(=O)O[C@H]1C[C@H]2[C@@H]([C@H](OC(C)=O)C[C@@H]3CC4(CC[C@@]32C)OOC2(CCCCC2)OO4)[C@@H]2CC[C@H]([C@H](C)CCC(=O)Nc3ccccc3)[C@@]12C. The third kappa shape index (κ3) is 6.52. The van der Waals surface area contributed by atoms with Crippen molar-refractivity contribution >= 4 is 23.5 Å². The quantitative estimate of drug-likeness (QED) is 0.223. The van der Waals surface area contributed by atoms with E-state index in [9.17, 15) is 14.4 Å². The molecule has 10 atom stereocenters. The number of nitrogens with one attached hydrogen (secondary N) is 1. The van der Waals surface area contributed by atoms with Gasteiger partial charge in [0.25, 0.3) is 0 Å². The molecule has 5 aliphatic carbocycles. The van der Waals surface area contributed by atoms with Gasteiger partial charge in [-0.25, -0.2) is 0 Å². The number of anilines is 1. The molecule has 0 bridgehead atoms. The Labute approximate surface area is 296 Å². The second kappa shape index (κ2) is 13.8. The summed E-state index contributed by atoms with van der Waals surface area (Å²) in [6.45, 7) is 9.97. The molecule has 6 aliphatic rings. The maximum Gasteiger partial charge on any atom is 0.302 e. The van der Waals surface area contributed by atoms with Crippen LogP contribution in [0.1, 0.15) is 125 Å². The fourth-order valence-electron chi connectivity index (χ4n) is 11.8. The topological polar surface area (TPSA) is 119 Å². The summed E-state index contributed by atoms with van der Waals surface area (Å²) in [6.07, 6.45) is 10.7. The Morgan fingerprint density at radius 1 is 0.840 bits per heavy atom. The molecule has 0 aromatic heterocycles. The second-order valence-electron chi connectivity index (χ2n) is 17.1. The fraction of sp³-hybridized carbons (Fsp3) is 0.775. The standard InChI is InChI=1S/C40H57NO9/c1-25(14-17-35(44)41-29-12-8-6-9-13-29)30-15-16-31-36-32(23-34(38(30,31)5)46-27(3)43)37(4)20-21-40(24-28(37)22-33(36)45-26(2)42)49-47-39(48-50-40)18-10-7-11-19-39/h6,8-9,12-13,25,28,30-34,36H,7,10-11,14-24H2,1-5H3,(H,41,44)/t25-,28-,30-,31+,32+,33-,34+,36+,37+,38-/m1/s1. The third-order valence-corrected chi connectivity index (χ3v) is 14.3. The highest BCUT2D eigenvalue weighted by molar-refractivity contribution is 5.90. The third-order valence-electron chi connectivity index (χ3n) is 14.3. The van der Waals surface area contributed by atoms with E-state index < -0.39 is 11.6 Å². The van der Waals surface area contributed by atoms with Crippen LogP contribution in [-0.4, -0.2) is 41.6 Å². The summed E-state index contributed by atoms with van der Waals surface area (Å²) in [6, 6.07) is 9.56. The number of benzene rings is 1. The van der Waals surface area contributed by atoms with E-state index in [1.54, 1.807) is 0 Å². The largest absolute Gasteiger partial charge is 0.462 e. The van der Waals surface area contributed by atoms with Crippen LogP contribution >= 0.6 is 0 Å². The van der Waals surface area contributed by atoms with E-state index in [1.807, 2.05) is 30.3 Å². The predicted octanol–water partition coefficient (Wildman–Crippen LogP) is 8.05. The van der Waals surface area contributed by atoms with Gasteiger partial charge >= 0.3 is 11.9 Å². The Hall–Kier alpha value is -2.53. The van der Waals surface area contributed by atoms with Crippen LogP contribution in [0, 0.1) is 46.3 Å². The van der Waals surface area contributed by atoms with Crippen molar-refractivity contribution in [3.05, 3.63) is 30.3 Å². The zero-order chi connectivity index (χ0) is 35.3. The van der Waals surface area contributed by atoms with Crippen molar-refractivity contribution < 1.29 is 43.4 Å². The van der Waals surface area contributed by atoms with Crippen LogP contribution in [0.3, 0.4) is 0 Å². The van der Waals surface area contributed by atoms with Gasteiger partial charge in [-0.05, 0) is 98.5 Å². The Kier molecular flexibility index (Phi) is 9.89. The fourth-order valence-corrected chi connectivity index (χ4v) is 11.8. The molecule has 0 radical (unpaired) electrons. The van der Waals surface area contributed by atoms with E-state index in [0.29, 0.717) is 32.1 Å². The average molecular weight is 696 g/mol. The lowest BCUT2D eigenvalue weighted by atomic mass is 9.42. The van der Waals surface area contributed by atoms with Gasteiger partial charge in [-0.2, -0.15) is 19.6 Å². The molecule has 7 rings (SSSR count). The van der Waals surface area contributed by atoms with E-state index in [-0.39, 0.29) is 76.4 Å². The smallest absolute Gasteiger partial charge is 0.302 e. The molecule has 10 nitrogen and oxygen atoms in total. The molecule has 1 heterocycles. The highest BCUT2D eigenvalue weighted by Gasteiger charge is 2.69. The van der Waals surface area contributed by atoms with Crippen molar-refractivity contribution in [1.82, 2.24) is 0 Å². The van der Waals surface area contributed by atoms with E-state index in [0.717, 1.165) is 63.5 Å². The Morgan fingerprint density at radius 3 is 2.20 bits per heavy atom. The van der Waals surface area contributed by atoms with E-state index in [1.165, 1.54) is 13.8 Å². The number of amides is 1. The van der Waals surface area contributed by atoms with Crippen molar-refractivity contribution in [3.63, 3.8) is 0 Å². The molecule has 0 unspecified atom stereocenters. The summed E-state index contributed by atoms with van der Waals surface area (Å²) >= 11 is 0. The van der Waals surface area contributed by atoms with Crippen molar-refractivity contribution in [2.45, 2.75) is 148 Å². The minimum atomic E-state index is -1.00. The lowest BCUT2D eigenvalue weighted by Crippen LogP contribution is -2.65. The lowest BCUT2D eigenvalue weighted by molar-refractivity contribution is -0.665. The molecule has 6 fully saturated rings. The molecular weight excluding hydrogens is 638 g/mol. The first-order valence-corrected chi connectivity index (χ1v) is 19.3. The van der Waals surface area contributed by atoms with Crippen LogP contribution in [-0.2, 0) is 43.4 Å². The molecule has 5 saturated carbocycles. The molecule has 2 spiro atoms. The van der Waals surface area contributed by atoms with E-state index >= 15 is 0 Å². The molecule has 1 aromatic rings. The maximum absolute atomic E-state index is 12.9. The van der Waals surface area contributed by atoms with Gasteiger partial charge in [0.2, 0.25) is 17.5 Å². The maximum atomic E-state index is 12.9. The summed E-state index contributed by atoms with van der Waals surface area (Å²) in [5.41, 5.74) is 0.374. The van der Waals surface area contributed by atoms with E-state index in [4.69, 9.17) is 29.0 Å². The van der Waals surface area contributed by atoms with Crippen LogP contribution in [0.4, 0.5) is 5.69 Å². The highest BCUT2D eigenvalue weighted by Crippen LogP contribution is 2.70. The van der Waals surface area contributed by atoms with Crippen molar-refractivity contribution in [2.75, 3.05) is 5.32 Å². The first kappa shape index (κ1) is 35.9. The molecule has 50 heavy (non-hydrogen) atoms. The molecule has 1 aromatic carbocycles. The summed E-state index contributed by atoms with van der Waals surface area (Å²) in [7, 11) is 0. The number of rotatable bonds is 7. The van der Waals surface area contributed by atoms with E-state index in [2.05, 4.69) is 26.1 Å². The van der Waals surface area contributed by atoms with Gasteiger partial charge in [-0.1, -0.05) is 45.4 Å². The Balaban J connectivity index is 1.12. The zero-order valence-corrected chi connectivity index (χ0v) is 30.6. The summed E-state index contributed by atoms with van der Waals surface area (Å²) in [4.78, 5) is 62.8. The van der Waals surface area contributed by atoms with Crippen LogP contribution in [0.2, 0.25) is 0 Å². The molecule has 1 N–H and O–H groups in total. The van der Waals surface area contributed by atoms with Crippen molar-refractivity contribution in [1.29, 1.82) is 0 Å². The van der Waals surface area contributed by atoms with Crippen molar-refractivity contribution in [2.24, 2.45) is 46.3 Å². The van der Waals surface area contributed by atoms with Crippen LogP contribution < -0.4 is 5.32 Å². The summed E-state index contributed by atoms with van der Waals surface area (Å²) < 4.78 is 12.6. The van der Waals surface area contributed by atoms with Gasteiger partial charge in [-0.3, -0.25) is 14.4 Å². The number of carbonyl (C=O) groups excluding carboxylic acids is 3. The van der Waals surface area contributed by atoms with Crippen LogP contribution in [0.15, 0.2) is 30.3 Å². The molecule has 1 saturated heterocycles. The molecule has 10 heteroatoms. The minimum absolute atomic E-state index is 0.00914. The minimum Gasteiger partial charge on any atom is -0.462 e. The Morgan fingerprint density at radius 2 is 1.52 bits per heavy atom. The molecule has 1 amide bonds. The molecular formula is C40H57NO9. The van der Waals surface area contributed by atoms with Gasteiger partial charge in [0, 0.05) is 63.0 Å². The predicted molar refractivity (Wildman–Crippen MR) is 183 cm³/mol. The normalized spacial score (nSPS) is 39.0. The highest BCUT2D eigenvalue weighted by atomic mass is 17.4. The van der Waals surface area contributed by atoms with Gasteiger partial charge in [-0.15, -0.1) is 0 Å². The van der Waals surface area contributed by atoms with Crippen LogP contribution in [0.25, 0.3) is 0 Å². The number of fused-ring (bicyclic) bond motifs is 5. The number of carbonyl (C=O) groups is 3. The number of hydrogen-bond donors (Lipinski definition) is 1. The second-order valence-corrected chi connectivity index (χ2v) is 17.1. The number of ether oxygens (including phenoxy) is 2. The van der Waals surface area contributed by atoms with Gasteiger partial charge in [0.15, 0.2) is 0 Å². The Bertz CT molecular complexity index is 1400. The number of para-hydroxylation sites is 1. The molecule has 1 aliphatic heterocycles. The van der Waals surface area contributed by atoms with Crippen LogP contribution in [0.5, 0.6) is 0 Å². The monoisotopic (exact) mass is 695 g/mol. The zero-order valence-electron chi connectivity index (χ0n) is 30.6. The van der Waals surface area contributed by atoms with Gasteiger partial charge in [0.1, 0.15) is 12.2 Å². The summed E-state index contributed by atoms with van der Waals surface area (Å²) in [5.74, 6) is -1.22. The van der Waals surface area contributed by atoms with Gasteiger partial charge < -0.3 is 14.8 Å². The molecule has 276 valence electrons. The summed E-state index contributed by atoms with van der Waals surface area (Å²) in [5, 5.41) is 3.03. The first-order valence-electron chi connectivity index (χ1n) is 19.3. The lowest BCUT2D eigenvalue weighted by Gasteiger charge is -2.65. The number of esters is 2. The first-order chi connectivity index (χ1) is 23.9.